The van der Waals surface area contributed by atoms with Crippen LogP contribution < -0.4 is 10.6 Å². The SMILES string of the molecule is CC(C)(CO)C(O)C(=O)NCCC(=O)NCCS.O=C(O)C(=O)CS. The van der Waals surface area contributed by atoms with E-state index in [0.29, 0.717) is 12.3 Å². The highest BCUT2D eigenvalue weighted by Gasteiger charge is 2.32. The highest BCUT2D eigenvalue weighted by molar-refractivity contribution is 7.81. The summed E-state index contributed by atoms with van der Waals surface area (Å²) in [6.07, 6.45) is -1.16. The largest absolute Gasteiger partial charge is 0.475 e. The van der Waals surface area contributed by atoms with E-state index in [-0.39, 0.29) is 31.2 Å². The highest BCUT2D eigenvalue weighted by Crippen LogP contribution is 2.19. The van der Waals surface area contributed by atoms with Crippen molar-refractivity contribution in [1.29, 1.82) is 0 Å². The van der Waals surface area contributed by atoms with Crippen molar-refractivity contribution in [2.75, 3.05) is 31.2 Å². The van der Waals surface area contributed by atoms with E-state index in [1.54, 1.807) is 13.8 Å². The van der Waals surface area contributed by atoms with E-state index in [1.165, 1.54) is 0 Å². The second-order valence-corrected chi connectivity index (χ2v) is 6.31. The summed E-state index contributed by atoms with van der Waals surface area (Å²) in [7, 11) is 0. The Hall–Kier alpha value is -1.30. The predicted octanol–water partition coefficient (Wildman–Crippen LogP) is -1.51. The van der Waals surface area contributed by atoms with Crippen LogP contribution in [0, 0.1) is 5.41 Å². The molecule has 0 aliphatic rings. The zero-order valence-electron chi connectivity index (χ0n) is 14.2. The molecular formula is C14H26N2O7S2. The van der Waals surface area contributed by atoms with Crippen molar-refractivity contribution in [3.8, 4) is 0 Å². The molecule has 0 aromatic carbocycles. The number of thiol groups is 2. The Kier molecular flexibility index (Phi) is 14.5. The Labute approximate surface area is 157 Å². The number of carbonyl (C=O) groups is 4. The van der Waals surface area contributed by atoms with Gasteiger partial charge in [0.1, 0.15) is 6.10 Å². The molecule has 0 fully saturated rings. The molecule has 25 heavy (non-hydrogen) atoms. The fraction of sp³-hybridized carbons (Fsp3) is 0.714. The van der Waals surface area contributed by atoms with Crippen LogP contribution in [0.15, 0.2) is 0 Å². The highest BCUT2D eigenvalue weighted by atomic mass is 32.1. The van der Waals surface area contributed by atoms with Gasteiger partial charge in [0.05, 0.1) is 12.4 Å². The van der Waals surface area contributed by atoms with Gasteiger partial charge in [0, 0.05) is 30.7 Å². The first kappa shape index (κ1) is 25.9. The molecule has 0 aliphatic heterocycles. The minimum Gasteiger partial charge on any atom is -0.475 e. The van der Waals surface area contributed by atoms with Gasteiger partial charge in [0.25, 0.3) is 0 Å². The quantitative estimate of drug-likeness (QED) is 0.174. The third kappa shape index (κ3) is 12.7. The molecule has 146 valence electrons. The Morgan fingerprint density at radius 2 is 1.64 bits per heavy atom. The van der Waals surface area contributed by atoms with E-state index < -0.39 is 29.2 Å². The summed E-state index contributed by atoms with van der Waals surface area (Å²) in [5.41, 5.74) is -0.904. The van der Waals surface area contributed by atoms with Gasteiger partial charge in [-0.25, -0.2) is 4.79 Å². The zero-order valence-corrected chi connectivity index (χ0v) is 16.0. The Balaban J connectivity index is 0. The number of ketones is 1. The van der Waals surface area contributed by atoms with Gasteiger partial charge in [0.15, 0.2) is 0 Å². The number of aliphatic hydroxyl groups excluding tert-OH is 2. The Morgan fingerprint density at radius 1 is 1.08 bits per heavy atom. The number of aliphatic carboxylic acids is 1. The first-order valence-electron chi connectivity index (χ1n) is 7.34. The summed E-state index contributed by atoms with van der Waals surface area (Å²) in [6, 6.07) is 0. The van der Waals surface area contributed by atoms with Gasteiger partial charge in [-0.1, -0.05) is 13.8 Å². The smallest absolute Gasteiger partial charge is 0.373 e. The van der Waals surface area contributed by atoms with Gasteiger partial charge >= 0.3 is 5.97 Å². The molecule has 1 unspecified atom stereocenters. The van der Waals surface area contributed by atoms with Crippen molar-refractivity contribution >= 4 is 48.8 Å². The molecule has 0 bridgehead atoms. The van der Waals surface area contributed by atoms with E-state index >= 15 is 0 Å². The maximum absolute atomic E-state index is 11.5. The molecule has 0 radical (unpaired) electrons. The van der Waals surface area contributed by atoms with Crippen LogP contribution in [0.5, 0.6) is 0 Å². The molecule has 2 amide bonds. The molecule has 0 aliphatic carbocycles. The van der Waals surface area contributed by atoms with Gasteiger partial charge in [0.2, 0.25) is 17.6 Å². The number of hydrogen-bond acceptors (Lipinski definition) is 8. The van der Waals surface area contributed by atoms with Crippen molar-refractivity contribution in [2.45, 2.75) is 26.4 Å². The van der Waals surface area contributed by atoms with Crippen LogP contribution in [0.2, 0.25) is 0 Å². The van der Waals surface area contributed by atoms with Crippen molar-refractivity contribution in [3.05, 3.63) is 0 Å². The number of rotatable bonds is 10. The average molecular weight is 399 g/mol. The predicted molar refractivity (Wildman–Crippen MR) is 97.9 cm³/mol. The van der Waals surface area contributed by atoms with Gasteiger partial charge in [-0.15, -0.1) is 0 Å². The van der Waals surface area contributed by atoms with E-state index in [9.17, 15) is 24.3 Å². The molecule has 0 rings (SSSR count). The van der Waals surface area contributed by atoms with Crippen LogP contribution in [0.1, 0.15) is 20.3 Å². The topological polar surface area (TPSA) is 153 Å². The lowest BCUT2D eigenvalue weighted by atomic mass is 9.87. The molecule has 0 saturated carbocycles. The minimum absolute atomic E-state index is 0.145. The third-order valence-electron chi connectivity index (χ3n) is 2.86. The van der Waals surface area contributed by atoms with Crippen LogP contribution in [-0.2, 0) is 19.2 Å². The minimum atomic E-state index is -1.42. The number of nitrogens with one attached hydrogen (secondary N) is 2. The standard InChI is InChI=1S/C11H22N2O4S.C3H4O3S/c1-11(2,7-14)9(16)10(17)13-4-3-8(15)12-5-6-18;4-2(1-7)3(5)6/h9,14,16,18H,3-7H2,1-2H3,(H,12,15)(H,13,17);7H,1H2,(H,5,6). The van der Waals surface area contributed by atoms with Crippen molar-refractivity contribution in [1.82, 2.24) is 10.6 Å². The van der Waals surface area contributed by atoms with E-state index in [2.05, 4.69) is 35.9 Å². The number of aliphatic hydroxyl groups is 2. The van der Waals surface area contributed by atoms with Crippen LogP contribution in [0.4, 0.5) is 0 Å². The van der Waals surface area contributed by atoms with E-state index in [0.717, 1.165) is 0 Å². The van der Waals surface area contributed by atoms with E-state index in [4.69, 9.17) is 10.2 Å². The van der Waals surface area contributed by atoms with Gasteiger partial charge in [-0.3, -0.25) is 14.4 Å². The van der Waals surface area contributed by atoms with Crippen LogP contribution in [0.3, 0.4) is 0 Å². The molecule has 0 heterocycles. The second kappa shape index (κ2) is 13.9. The Bertz CT molecular complexity index is 458. The number of carboxylic acids is 1. The summed E-state index contributed by atoms with van der Waals surface area (Å²) in [5.74, 6) is -2.73. The fourth-order valence-electron chi connectivity index (χ4n) is 1.19. The second-order valence-electron chi connectivity index (χ2n) is 5.55. The lowest BCUT2D eigenvalue weighted by Gasteiger charge is -2.27. The van der Waals surface area contributed by atoms with Crippen molar-refractivity contribution < 1.29 is 34.5 Å². The first-order chi connectivity index (χ1) is 11.5. The van der Waals surface area contributed by atoms with Crippen molar-refractivity contribution in [3.63, 3.8) is 0 Å². The molecule has 11 heteroatoms. The van der Waals surface area contributed by atoms with Crippen LogP contribution in [0.25, 0.3) is 0 Å². The fourth-order valence-corrected chi connectivity index (χ4v) is 1.44. The lowest BCUT2D eigenvalue weighted by Crippen LogP contribution is -2.46. The molecule has 0 saturated heterocycles. The first-order valence-corrected chi connectivity index (χ1v) is 8.61. The zero-order chi connectivity index (χ0) is 20.0. The number of hydrogen-bond donors (Lipinski definition) is 7. The molecule has 0 aromatic rings. The molecule has 5 N–H and O–H groups in total. The third-order valence-corrected chi connectivity index (χ3v) is 3.37. The van der Waals surface area contributed by atoms with Crippen LogP contribution in [-0.4, -0.2) is 76.2 Å². The number of amides is 2. The lowest BCUT2D eigenvalue weighted by molar-refractivity contribution is -0.147. The number of Topliss-reactive ketones (excluding diaryl/α,β-unsaturated/α-hetero) is 1. The summed E-state index contributed by atoms with van der Waals surface area (Å²) in [4.78, 5) is 42.1. The molecule has 9 nitrogen and oxygen atoms in total. The van der Waals surface area contributed by atoms with Gasteiger partial charge in [-0.2, -0.15) is 25.3 Å². The summed E-state index contributed by atoms with van der Waals surface area (Å²) < 4.78 is 0. The summed E-state index contributed by atoms with van der Waals surface area (Å²) in [5, 5.41) is 31.5. The number of carbonyl (C=O) groups excluding carboxylic acids is 3. The summed E-state index contributed by atoms with van der Waals surface area (Å²) in [6.45, 7) is 3.49. The average Bonchev–Trinajstić information content (AvgIpc) is 2.58. The van der Waals surface area contributed by atoms with Gasteiger partial charge < -0.3 is 26.0 Å². The summed E-state index contributed by atoms with van der Waals surface area (Å²) >= 11 is 7.37. The maximum atomic E-state index is 11.5. The number of carboxylic acid groups (broad SMARTS) is 1. The normalized spacial score (nSPS) is 11.6. The van der Waals surface area contributed by atoms with E-state index in [1.807, 2.05) is 0 Å². The molecule has 1 atom stereocenters. The molecule has 0 aromatic heterocycles. The molecular weight excluding hydrogens is 372 g/mol. The maximum Gasteiger partial charge on any atom is 0.373 e. The Morgan fingerprint density at radius 3 is 2.00 bits per heavy atom. The van der Waals surface area contributed by atoms with Gasteiger partial charge in [-0.05, 0) is 0 Å². The monoisotopic (exact) mass is 398 g/mol. The molecule has 0 spiro atoms. The van der Waals surface area contributed by atoms with Crippen molar-refractivity contribution in [2.24, 2.45) is 5.41 Å². The van der Waals surface area contributed by atoms with Crippen LogP contribution >= 0.6 is 25.3 Å².